The minimum Gasteiger partial charge on any atom is -0.394 e. The average Bonchev–Trinajstić information content (AvgIpc) is 3.29. The molecule has 6 heteroatoms. The van der Waals surface area contributed by atoms with Crippen molar-refractivity contribution >= 4 is 11.7 Å². The number of piperidine rings is 1. The topological polar surface area (TPSA) is 75.4 Å². The van der Waals surface area contributed by atoms with Gasteiger partial charge in [0, 0.05) is 42.8 Å². The van der Waals surface area contributed by atoms with Gasteiger partial charge in [0.15, 0.2) is 5.78 Å². The number of hydrogen-bond acceptors (Lipinski definition) is 4. The Morgan fingerprint density at radius 2 is 2.15 bits per heavy atom. The maximum absolute atomic E-state index is 13.1. The summed E-state index contributed by atoms with van der Waals surface area (Å²) in [6, 6.07) is 7.47. The van der Waals surface area contributed by atoms with Crippen molar-refractivity contribution in [3.8, 4) is 0 Å². The number of nitrogens with zero attached hydrogens (tertiary/aromatic N) is 3. The summed E-state index contributed by atoms with van der Waals surface area (Å²) in [4.78, 5) is 27.0. The molecule has 0 saturated carbocycles. The molecule has 1 fully saturated rings. The summed E-state index contributed by atoms with van der Waals surface area (Å²) in [5.74, 6) is 0.377. The van der Waals surface area contributed by atoms with Gasteiger partial charge in [-0.15, -0.1) is 0 Å². The Morgan fingerprint density at radius 1 is 1.27 bits per heavy atom. The van der Waals surface area contributed by atoms with E-state index in [1.807, 2.05) is 35.4 Å². The highest BCUT2D eigenvalue weighted by Gasteiger charge is 2.30. The number of amides is 1. The molecule has 0 radical (unpaired) electrons. The van der Waals surface area contributed by atoms with Crippen LogP contribution < -0.4 is 0 Å². The SMILES string of the molecule is O=C1CCc2c1cccc2C(=O)N1CCC[C@H](c2ccn(CCO)n2)C1. The zero-order valence-electron chi connectivity index (χ0n) is 14.7. The number of ketones is 1. The Hall–Kier alpha value is -2.47. The molecule has 1 aliphatic carbocycles. The zero-order valence-corrected chi connectivity index (χ0v) is 14.7. The van der Waals surface area contributed by atoms with Crippen LogP contribution in [0.5, 0.6) is 0 Å². The van der Waals surface area contributed by atoms with E-state index in [4.69, 9.17) is 5.11 Å². The van der Waals surface area contributed by atoms with Gasteiger partial charge in [0.25, 0.3) is 5.91 Å². The second-order valence-electron chi connectivity index (χ2n) is 7.07. The Kier molecular flexibility index (Phi) is 4.59. The van der Waals surface area contributed by atoms with Gasteiger partial charge in [0.05, 0.1) is 18.8 Å². The molecule has 1 N–H and O–H groups in total. The monoisotopic (exact) mass is 353 g/mol. The van der Waals surface area contributed by atoms with E-state index in [9.17, 15) is 9.59 Å². The maximum atomic E-state index is 13.1. The van der Waals surface area contributed by atoms with Crippen LogP contribution in [0.15, 0.2) is 30.5 Å². The Morgan fingerprint density at radius 3 is 3.00 bits per heavy atom. The molecule has 0 unspecified atom stereocenters. The van der Waals surface area contributed by atoms with Crippen molar-refractivity contribution < 1.29 is 14.7 Å². The van der Waals surface area contributed by atoms with Crippen LogP contribution in [0.4, 0.5) is 0 Å². The average molecular weight is 353 g/mol. The number of aliphatic hydroxyl groups excluding tert-OH is 1. The van der Waals surface area contributed by atoms with Gasteiger partial charge >= 0.3 is 0 Å². The number of likely N-dealkylation sites (tertiary alicyclic amines) is 1. The van der Waals surface area contributed by atoms with E-state index in [-0.39, 0.29) is 24.2 Å². The number of carbonyl (C=O) groups is 2. The third-order valence-electron chi connectivity index (χ3n) is 5.43. The van der Waals surface area contributed by atoms with Gasteiger partial charge in [0.1, 0.15) is 0 Å². The van der Waals surface area contributed by atoms with Crippen molar-refractivity contribution in [2.75, 3.05) is 19.7 Å². The smallest absolute Gasteiger partial charge is 0.254 e. The predicted octanol–water partition coefficient (Wildman–Crippen LogP) is 2.02. The fraction of sp³-hybridized carbons (Fsp3) is 0.450. The van der Waals surface area contributed by atoms with Crippen LogP contribution in [-0.4, -0.2) is 51.2 Å². The highest BCUT2D eigenvalue weighted by Crippen LogP contribution is 2.30. The van der Waals surface area contributed by atoms with E-state index in [0.29, 0.717) is 37.1 Å². The first-order valence-corrected chi connectivity index (χ1v) is 9.26. The van der Waals surface area contributed by atoms with Gasteiger partial charge in [-0.05, 0) is 37.0 Å². The summed E-state index contributed by atoms with van der Waals surface area (Å²) >= 11 is 0. The molecule has 2 aliphatic rings. The minimum atomic E-state index is 0.0241. The van der Waals surface area contributed by atoms with Gasteiger partial charge in [-0.25, -0.2) is 0 Å². The van der Waals surface area contributed by atoms with Gasteiger partial charge in [-0.3, -0.25) is 14.3 Å². The van der Waals surface area contributed by atoms with Gasteiger partial charge in [-0.1, -0.05) is 12.1 Å². The number of aromatic nitrogens is 2. The van der Waals surface area contributed by atoms with Crippen molar-refractivity contribution in [3.63, 3.8) is 0 Å². The number of Topliss-reactive ketones (excluding diaryl/α,β-unsaturated/α-hetero) is 1. The fourth-order valence-corrected chi connectivity index (χ4v) is 4.09. The predicted molar refractivity (Wildman–Crippen MR) is 96.3 cm³/mol. The molecule has 26 heavy (non-hydrogen) atoms. The van der Waals surface area contributed by atoms with E-state index in [2.05, 4.69) is 5.10 Å². The number of carbonyl (C=O) groups excluding carboxylic acids is 2. The third kappa shape index (κ3) is 3.05. The summed E-state index contributed by atoms with van der Waals surface area (Å²) in [7, 11) is 0. The van der Waals surface area contributed by atoms with E-state index in [0.717, 1.165) is 30.6 Å². The van der Waals surface area contributed by atoms with E-state index in [1.54, 1.807) is 4.68 Å². The highest BCUT2D eigenvalue weighted by atomic mass is 16.3. The first-order valence-electron chi connectivity index (χ1n) is 9.26. The molecule has 6 nitrogen and oxygen atoms in total. The zero-order chi connectivity index (χ0) is 18.1. The van der Waals surface area contributed by atoms with E-state index in [1.165, 1.54) is 0 Å². The van der Waals surface area contributed by atoms with Gasteiger partial charge in [-0.2, -0.15) is 5.10 Å². The maximum Gasteiger partial charge on any atom is 0.254 e. The molecule has 0 bridgehead atoms. The standard InChI is InChI=1S/C20H23N3O3/c24-12-11-23-10-8-18(21-23)14-3-2-9-22(13-14)20(26)17-5-1-4-16-15(17)6-7-19(16)25/h1,4-5,8,10,14,24H,2-3,6-7,9,11-13H2/t14-/m0/s1. The van der Waals surface area contributed by atoms with Crippen molar-refractivity contribution in [2.24, 2.45) is 0 Å². The summed E-state index contributed by atoms with van der Waals surface area (Å²) < 4.78 is 1.74. The Bertz CT molecular complexity index is 843. The number of benzene rings is 1. The molecule has 2 aromatic rings. The second-order valence-corrected chi connectivity index (χ2v) is 7.07. The van der Waals surface area contributed by atoms with Crippen LogP contribution in [0.1, 0.15) is 57.2 Å². The molecule has 1 saturated heterocycles. The molecular formula is C20H23N3O3. The number of fused-ring (bicyclic) bond motifs is 1. The first-order chi connectivity index (χ1) is 12.7. The molecule has 4 rings (SSSR count). The molecule has 1 atom stereocenters. The van der Waals surface area contributed by atoms with Crippen LogP contribution in [0.25, 0.3) is 0 Å². The molecule has 136 valence electrons. The van der Waals surface area contributed by atoms with Crippen molar-refractivity contribution in [1.82, 2.24) is 14.7 Å². The summed E-state index contributed by atoms with van der Waals surface area (Å²) in [6.45, 7) is 1.94. The lowest BCUT2D eigenvalue weighted by atomic mass is 9.93. The molecule has 0 spiro atoms. The lowest BCUT2D eigenvalue weighted by Crippen LogP contribution is -2.39. The minimum absolute atomic E-state index is 0.0241. The van der Waals surface area contributed by atoms with Gasteiger partial charge in [0.2, 0.25) is 0 Å². The molecule has 1 aromatic heterocycles. The van der Waals surface area contributed by atoms with Crippen molar-refractivity contribution in [1.29, 1.82) is 0 Å². The second kappa shape index (κ2) is 7.03. The summed E-state index contributed by atoms with van der Waals surface area (Å²) in [5, 5.41) is 13.6. The molecular weight excluding hydrogens is 330 g/mol. The van der Waals surface area contributed by atoms with Crippen LogP contribution >= 0.6 is 0 Å². The van der Waals surface area contributed by atoms with Crippen LogP contribution in [0.2, 0.25) is 0 Å². The third-order valence-corrected chi connectivity index (χ3v) is 5.43. The number of rotatable bonds is 4. The molecule has 1 aliphatic heterocycles. The van der Waals surface area contributed by atoms with Crippen LogP contribution in [-0.2, 0) is 13.0 Å². The number of hydrogen-bond donors (Lipinski definition) is 1. The van der Waals surface area contributed by atoms with E-state index < -0.39 is 0 Å². The largest absolute Gasteiger partial charge is 0.394 e. The van der Waals surface area contributed by atoms with Gasteiger partial charge < -0.3 is 10.0 Å². The summed E-state index contributed by atoms with van der Waals surface area (Å²) in [6.07, 6.45) is 4.99. The Labute approximate surface area is 152 Å². The summed E-state index contributed by atoms with van der Waals surface area (Å²) in [5.41, 5.74) is 3.29. The van der Waals surface area contributed by atoms with Crippen molar-refractivity contribution in [3.05, 3.63) is 52.8 Å². The molecule has 1 aromatic carbocycles. The fourth-order valence-electron chi connectivity index (χ4n) is 4.09. The highest BCUT2D eigenvalue weighted by molar-refractivity contribution is 6.05. The van der Waals surface area contributed by atoms with E-state index >= 15 is 0 Å². The lowest BCUT2D eigenvalue weighted by Gasteiger charge is -2.32. The lowest BCUT2D eigenvalue weighted by molar-refractivity contribution is 0.0704. The molecule has 1 amide bonds. The van der Waals surface area contributed by atoms with Crippen LogP contribution in [0, 0.1) is 0 Å². The van der Waals surface area contributed by atoms with Crippen molar-refractivity contribution in [2.45, 2.75) is 38.1 Å². The normalized spacial score (nSPS) is 19.7. The first kappa shape index (κ1) is 17.0. The molecule has 2 heterocycles. The number of aliphatic hydroxyl groups is 1. The quantitative estimate of drug-likeness (QED) is 0.912. The van der Waals surface area contributed by atoms with Crippen LogP contribution in [0.3, 0.4) is 0 Å². The Balaban J connectivity index is 1.53.